The summed E-state index contributed by atoms with van der Waals surface area (Å²) in [7, 11) is 1.76. The van der Waals surface area contributed by atoms with Gasteiger partial charge >= 0.3 is 0 Å². The molecule has 2 unspecified atom stereocenters. The minimum atomic E-state index is -0.310. The van der Waals surface area contributed by atoms with Crippen molar-refractivity contribution in [2.75, 3.05) is 13.6 Å². The Balaban J connectivity index is 4.31. The van der Waals surface area contributed by atoms with Crippen LogP contribution in [-0.2, 0) is 4.79 Å². The lowest BCUT2D eigenvalue weighted by atomic mass is 9.95. The van der Waals surface area contributed by atoms with E-state index in [-0.39, 0.29) is 17.9 Å². The molecule has 1 N–H and O–H groups in total. The minimum Gasteiger partial charge on any atom is -0.393 e. The fraction of sp³-hybridized carbons (Fsp3) is 0.769. The Hall–Kier alpha value is -0.830. The predicted octanol–water partition coefficient (Wildman–Crippen LogP) is 2.21. The van der Waals surface area contributed by atoms with Crippen molar-refractivity contribution in [2.24, 2.45) is 5.92 Å². The Morgan fingerprint density at radius 1 is 1.44 bits per heavy atom. The van der Waals surface area contributed by atoms with Crippen molar-refractivity contribution in [2.45, 2.75) is 46.1 Å². The molecule has 0 saturated carbocycles. The Labute approximate surface area is 99.1 Å². The summed E-state index contributed by atoms with van der Waals surface area (Å²) in [6.45, 7) is 10.0. The number of hydrogen-bond donors (Lipinski definition) is 1. The van der Waals surface area contributed by atoms with Gasteiger partial charge in [-0.05, 0) is 19.8 Å². The van der Waals surface area contributed by atoms with Gasteiger partial charge < -0.3 is 10.0 Å². The first-order valence-electron chi connectivity index (χ1n) is 6.03. The van der Waals surface area contributed by atoms with Crippen molar-refractivity contribution in [3.63, 3.8) is 0 Å². The van der Waals surface area contributed by atoms with Crippen molar-refractivity contribution < 1.29 is 9.90 Å². The van der Waals surface area contributed by atoms with E-state index in [0.717, 1.165) is 19.3 Å². The highest BCUT2D eigenvalue weighted by Crippen LogP contribution is 2.15. The van der Waals surface area contributed by atoms with Crippen LogP contribution in [0.2, 0.25) is 0 Å². The molecule has 0 aliphatic rings. The Kier molecular flexibility index (Phi) is 7.06. The molecule has 0 aliphatic carbocycles. The maximum atomic E-state index is 11.6. The summed E-state index contributed by atoms with van der Waals surface area (Å²) >= 11 is 0. The van der Waals surface area contributed by atoms with Crippen LogP contribution < -0.4 is 0 Å². The summed E-state index contributed by atoms with van der Waals surface area (Å²) in [6.07, 6.45) is 2.34. The monoisotopic (exact) mass is 227 g/mol. The lowest BCUT2D eigenvalue weighted by molar-refractivity contribution is -0.126. The quantitative estimate of drug-likeness (QED) is 0.677. The SMILES string of the molecule is C=C(C)C(=O)N(C)CC(CC)C(O)CCC. The van der Waals surface area contributed by atoms with E-state index >= 15 is 0 Å². The molecule has 94 valence electrons. The Morgan fingerprint density at radius 3 is 2.38 bits per heavy atom. The van der Waals surface area contributed by atoms with Crippen molar-refractivity contribution in [1.29, 1.82) is 0 Å². The van der Waals surface area contributed by atoms with Gasteiger partial charge in [-0.15, -0.1) is 0 Å². The summed E-state index contributed by atoms with van der Waals surface area (Å²) < 4.78 is 0. The smallest absolute Gasteiger partial charge is 0.248 e. The average molecular weight is 227 g/mol. The third kappa shape index (κ3) is 4.79. The molecule has 1 amide bonds. The van der Waals surface area contributed by atoms with Crippen LogP contribution in [0, 0.1) is 5.92 Å². The van der Waals surface area contributed by atoms with Crippen LogP contribution >= 0.6 is 0 Å². The first kappa shape index (κ1) is 15.2. The molecule has 2 atom stereocenters. The van der Waals surface area contributed by atoms with Gasteiger partial charge in [0.1, 0.15) is 0 Å². The van der Waals surface area contributed by atoms with Gasteiger partial charge in [-0.25, -0.2) is 0 Å². The number of carbonyl (C=O) groups excluding carboxylic acids is 1. The number of carbonyl (C=O) groups is 1. The van der Waals surface area contributed by atoms with E-state index in [1.807, 2.05) is 6.92 Å². The zero-order valence-electron chi connectivity index (χ0n) is 11.0. The number of aliphatic hydroxyl groups excluding tert-OH is 1. The standard InChI is InChI=1S/C13H25NO2/c1-6-8-12(15)11(7-2)9-14(5)13(16)10(3)4/h11-12,15H,3,6-9H2,1-2,4-5H3. The molecule has 0 radical (unpaired) electrons. The van der Waals surface area contributed by atoms with E-state index < -0.39 is 0 Å². The third-order valence-electron chi connectivity index (χ3n) is 2.87. The summed E-state index contributed by atoms with van der Waals surface area (Å²) in [5.41, 5.74) is 0.544. The molecule has 0 aromatic rings. The topological polar surface area (TPSA) is 40.5 Å². The van der Waals surface area contributed by atoms with Crippen LogP contribution in [0.3, 0.4) is 0 Å². The molecule has 0 spiro atoms. The summed E-state index contributed by atoms with van der Waals surface area (Å²) in [6, 6.07) is 0. The number of nitrogens with zero attached hydrogens (tertiary/aromatic N) is 1. The highest BCUT2D eigenvalue weighted by Gasteiger charge is 2.20. The Morgan fingerprint density at radius 2 is 2.00 bits per heavy atom. The molecule has 0 fully saturated rings. The fourth-order valence-corrected chi connectivity index (χ4v) is 1.81. The van der Waals surface area contributed by atoms with Gasteiger partial charge in [0.15, 0.2) is 0 Å². The van der Waals surface area contributed by atoms with Crippen molar-refractivity contribution in [3.05, 3.63) is 12.2 Å². The number of aliphatic hydroxyl groups is 1. The van der Waals surface area contributed by atoms with Crippen molar-refractivity contribution >= 4 is 5.91 Å². The van der Waals surface area contributed by atoms with E-state index in [2.05, 4.69) is 13.5 Å². The molecule has 0 aliphatic heterocycles. The average Bonchev–Trinajstić information content (AvgIpc) is 2.24. The molecule has 16 heavy (non-hydrogen) atoms. The van der Waals surface area contributed by atoms with Crippen LogP contribution in [0.1, 0.15) is 40.0 Å². The van der Waals surface area contributed by atoms with Crippen LogP contribution in [0.25, 0.3) is 0 Å². The van der Waals surface area contributed by atoms with Gasteiger partial charge in [-0.3, -0.25) is 4.79 Å². The second-order valence-electron chi connectivity index (χ2n) is 4.49. The van der Waals surface area contributed by atoms with Gasteiger partial charge in [0, 0.05) is 25.1 Å². The maximum absolute atomic E-state index is 11.6. The number of amides is 1. The Bertz CT molecular complexity index is 238. The molecule has 0 saturated heterocycles. The van der Waals surface area contributed by atoms with Crippen molar-refractivity contribution in [1.82, 2.24) is 4.90 Å². The highest BCUT2D eigenvalue weighted by molar-refractivity contribution is 5.91. The number of likely N-dealkylation sites (N-methyl/N-ethyl adjacent to an activating group) is 1. The zero-order chi connectivity index (χ0) is 12.7. The largest absolute Gasteiger partial charge is 0.393 e. The third-order valence-corrected chi connectivity index (χ3v) is 2.87. The van der Waals surface area contributed by atoms with Crippen molar-refractivity contribution in [3.8, 4) is 0 Å². The molecule has 0 aromatic carbocycles. The van der Waals surface area contributed by atoms with Crippen LogP contribution in [0.15, 0.2) is 12.2 Å². The van der Waals surface area contributed by atoms with Gasteiger partial charge in [0.2, 0.25) is 5.91 Å². The second kappa shape index (κ2) is 7.44. The minimum absolute atomic E-state index is 0.0397. The van der Waals surface area contributed by atoms with E-state index in [1.165, 1.54) is 0 Å². The molecule has 3 nitrogen and oxygen atoms in total. The molecule has 0 heterocycles. The summed E-state index contributed by atoms with van der Waals surface area (Å²) in [4.78, 5) is 13.3. The molecule has 0 rings (SSSR count). The molecular formula is C13H25NO2. The first-order valence-corrected chi connectivity index (χ1v) is 6.03. The molecule has 0 bridgehead atoms. The molecule has 0 aromatic heterocycles. The highest BCUT2D eigenvalue weighted by atomic mass is 16.3. The fourth-order valence-electron chi connectivity index (χ4n) is 1.81. The molecule has 3 heteroatoms. The van der Waals surface area contributed by atoms with Gasteiger partial charge in [0.05, 0.1) is 6.10 Å². The van der Waals surface area contributed by atoms with Crippen LogP contribution in [-0.4, -0.2) is 35.6 Å². The second-order valence-corrected chi connectivity index (χ2v) is 4.49. The maximum Gasteiger partial charge on any atom is 0.248 e. The van der Waals surface area contributed by atoms with Gasteiger partial charge in [-0.2, -0.15) is 0 Å². The lowest BCUT2D eigenvalue weighted by Gasteiger charge is -2.27. The number of rotatable bonds is 7. The summed E-state index contributed by atoms with van der Waals surface area (Å²) in [5.74, 6) is 0.121. The van der Waals surface area contributed by atoms with Gasteiger partial charge in [0.25, 0.3) is 0 Å². The van der Waals surface area contributed by atoms with E-state index in [0.29, 0.717) is 12.1 Å². The van der Waals surface area contributed by atoms with Gasteiger partial charge in [-0.1, -0.05) is 26.8 Å². The summed E-state index contributed by atoms with van der Waals surface area (Å²) in [5, 5.41) is 9.92. The first-order chi connectivity index (χ1) is 7.43. The lowest BCUT2D eigenvalue weighted by Crippen LogP contribution is -2.36. The van der Waals surface area contributed by atoms with E-state index in [4.69, 9.17) is 0 Å². The number of hydrogen-bond acceptors (Lipinski definition) is 2. The van der Waals surface area contributed by atoms with E-state index in [1.54, 1.807) is 18.9 Å². The van der Waals surface area contributed by atoms with Crippen LogP contribution in [0.5, 0.6) is 0 Å². The molecular weight excluding hydrogens is 202 g/mol. The zero-order valence-corrected chi connectivity index (χ0v) is 11.0. The van der Waals surface area contributed by atoms with E-state index in [9.17, 15) is 9.90 Å². The van der Waals surface area contributed by atoms with Crippen LogP contribution in [0.4, 0.5) is 0 Å². The normalized spacial score (nSPS) is 14.3. The predicted molar refractivity (Wildman–Crippen MR) is 67.1 cm³/mol.